The first kappa shape index (κ1) is 31.7. The third kappa shape index (κ3) is 5.59. The Morgan fingerprint density at radius 1 is 0.575 bits per heavy atom. The highest BCUT2D eigenvalue weighted by Crippen LogP contribution is 2.67. The average Bonchev–Trinajstić information content (AvgIpc) is 3.11. The molecule has 0 heterocycles. The third-order valence-corrected chi connectivity index (χ3v) is 15.4. The van der Waals surface area contributed by atoms with Crippen molar-refractivity contribution in [1.82, 2.24) is 0 Å². The molecule has 0 spiro atoms. The van der Waals surface area contributed by atoms with E-state index < -0.39 is 10.0 Å². The Labute approximate surface area is 250 Å². The first-order valence-electron chi connectivity index (χ1n) is 16.2. The molecule has 9 unspecified atom stereocenters. The molecule has 9 atom stereocenters. The van der Waals surface area contributed by atoms with Gasteiger partial charge in [0.2, 0.25) is 0 Å². The topological polar surface area (TPSA) is 0 Å². The summed E-state index contributed by atoms with van der Waals surface area (Å²) in [5.74, 6) is 7.87. The van der Waals surface area contributed by atoms with Crippen LogP contribution in [0.2, 0.25) is 0 Å². The van der Waals surface area contributed by atoms with Crippen molar-refractivity contribution in [1.29, 1.82) is 0 Å². The normalized spacial score (nSPS) is 33.6. The number of hydrogen-bond acceptors (Lipinski definition) is 0. The predicted molar refractivity (Wildman–Crippen MR) is 183 cm³/mol. The first-order chi connectivity index (χ1) is 18.3. The summed E-state index contributed by atoms with van der Waals surface area (Å²) in [4.78, 5) is 0. The maximum Gasteiger partial charge on any atom is 0.00290 e. The van der Waals surface area contributed by atoms with Gasteiger partial charge in [0.05, 0.1) is 0 Å². The van der Waals surface area contributed by atoms with E-state index in [9.17, 15) is 0 Å². The van der Waals surface area contributed by atoms with Crippen molar-refractivity contribution < 1.29 is 0 Å². The van der Waals surface area contributed by atoms with Crippen molar-refractivity contribution >= 4 is 10.0 Å². The fraction of sp³-hybridized carbons (Fsp3) is 0.692. The Balaban J connectivity index is 1.80. The van der Waals surface area contributed by atoms with Gasteiger partial charge in [0.15, 0.2) is 0 Å². The van der Waals surface area contributed by atoms with Gasteiger partial charge in [0.25, 0.3) is 0 Å². The molecule has 0 saturated heterocycles. The molecular weight excluding hydrogens is 500 g/mol. The summed E-state index contributed by atoms with van der Waals surface area (Å²) in [6, 6.07) is 14.7. The van der Waals surface area contributed by atoms with Gasteiger partial charge in [0, 0.05) is 5.75 Å². The van der Waals surface area contributed by atoms with Crippen LogP contribution in [0, 0.1) is 54.3 Å². The molecule has 40 heavy (non-hydrogen) atoms. The number of hydrogen-bond donors (Lipinski definition) is 0. The minimum atomic E-state index is -0.900. The SMILES string of the molecule is Cc1cc(C(C)(C)C)ccc1-c1ccc(C(C)(C)C)cc1CS(C)(C)C1C(C)C(C)C2C(C)C(C)C(C)C(C)C21. The van der Waals surface area contributed by atoms with Crippen LogP contribution in [0.4, 0.5) is 0 Å². The van der Waals surface area contributed by atoms with Gasteiger partial charge in [-0.15, -0.1) is 0 Å². The summed E-state index contributed by atoms with van der Waals surface area (Å²) in [7, 11) is -0.900. The van der Waals surface area contributed by atoms with E-state index >= 15 is 0 Å². The largest absolute Gasteiger partial charge is 0.239 e. The molecule has 1 heteroatoms. The van der Waals surface area contributed by atoms with Crippen LogP contribution in [0.25, 0.3) is 11.1 Å². The molecule has 4 rings (SSSR count). The predicted octanol–water partition coefficient (Wildman–Crippen LogP) is 11.3. The minimum Gasteiger partial charge on any atom is -0.239 e. The Bertz CT molecular complexity index is 1200. The van der Waals surface area contributed by atoms with Crippen molar-refractivity contribution in [3.05, 3.63) is 58.7 Å². The Morgan fingerprint density at radius 3 is 1.52 bits per heavy atom. The van der Waals surface area contributed by atoms with Crippen LogP contribution in [0.15, 0.2) is 36.4 Å². The maximum absolute atomic E-state index is 2.70. The molecule has 2 aliphatic carbocycles. The van der Waals surface area contributed by atoms with Crippen LogP contribution >= 0.6 is 10.0 Å². The molecule has 2 aromatic carbocycles. The molecule has 2 aromatic rings. The fourth-order valence-electron chi connectivity index (χ4n) is 9.09. The lowest BCUT2D eigenvalue weighted by molar-refractivity contribution is 0.0153. The highest BCUT2D eigenvalue weighted by molar-refractivity contribution is 8.32. The van der Waals surface area contributed by atoms with Crippen LogP contribution in [-0.2, 0) is 16.6 Å². The number of fused-ring (bicyclic) bond motifs is 1. The molecule has 0 amide bonds. The van der Waals surface area contributed by atoms with Crippen LogP contribution in [0.1, 0.15) is 105 Å². The third-order valence-electron chi connectivity index (χ3n) is 12.1. The summed E-state index contributed by atoms with van der Waals surface area (Å²) in [5.41, 5.74) is 9.10. The van der Waals surface area contributed by atoms with E-state index in [4.69, 9.17) is 0 Å². The van der Waals surface area contributed by atoms with E-state index in [1.54, 1.807) is 5.56 Å². The Hall–Kier alpha value is -1.21. The highest BCUT2D eigenvalue weighted by atomic mass is 32.3. The summed E-state index contributed by atoms with van der Waals surface area (Å²) < 4.78 is 0. The molecule has 2 aliphatic rings. The molecule has 0 aliphatic heterocycles. The van der Waals surface area contributed by atoms with Gasteiger partial charge in [-0.1, -0.05) is 119 Å². The zero-order valence-corrected chi connectivity index (χ0v) is 29.6. The fourth-order valence-corrected chi connectivity index (χ4v) is 13.0. The van der Waals surface area contributed by atoms with Crippen molar-refractivity contribution in [3.63, 3.8) is 0 Å². The van der Waals surface area contributed by atoms with E-state index in [0.29, 0.717) is 0 Å². The monoisotopic (exact) mass is 562 g/mol. The van der Waals surface area contributed by atoms with Gasteiger partial charge in [-0.05, 0) is 116 Å². The molecule has 224 valence electrons. The Morgan fingerprint density at radius 2 is 1.02 bits per heavy atom. The van der Waals surface area contributed by atoms with Crippen molar-refractivity contribution in [2.45, 2.75) is 112 Å². The summed E-state index contributed by atoms with van der Waals surface area (Å²) in [5, 5.41) is 0.829. The number of rotatable bonds is 4. The Kier molecular flexibility index (Phi) is 8.57. The lowest BCUT2D eigenvalue weighted by atomic mass is 9.58. The maximum atomic E-state index is 2.70. The van der Waals surface area contributed by atoms with Crippen LogP contribution in [0.3, 0.4) is 0 Å². The average molecular weight is 563 g/mol. The van der Waals surface area contributed by atoms with Gasteiger partial charge >= 0.3 is 0 Å². The van der Waals surface area contributed by atoms with Crippen molar-refractivity contribution in [2.75, 3.05) is 12.5 Å². The van der Waals surface area contributed by atoms with Gasteiger partial charge in [-0.2, -0.15) is 0 Å². The zero-order chi connectivity index (χ0) is 30.1. The molecule has 2 saturated carbocycles. The lowest BCUT2D eigenvalue weighted by Gasteiger charge is -2.52. The second-order valence-corrected chi connectivity index (χ2v) is 21.0. The molecule has 0 aromatic heterocycles. The van der Waals surface area contributed by atoms with E-state index in [2.05, 4.69) is 139 Å². The minimum absolute atomic E-state index is 0.150. The quantitative estimate of drug-likeness (QED) is 0.347. The van der Waals surface area contributed by atoms with Crippen LogP contribution in [0.5, 0.6) is 0 Å². The molecule has 0 bridgehead atoms. The second kappa shape index (κ2) is 10.8. The summed E-state index contributed by atoms with van der Waals surface area (Å²) in [6.45, 7) is 31.9. The van der Waals surface area contributed by atoms with Gasteiger partial charge in [0.1, 0.15) is 0 Å². The van der Waals surface area contributed by atoms with E-state index in [-0.39, 0.29) is 10.8 Å². The standard InChI is InChI=1S/C39H62S/c1-23-20-31(38(8,9)10)16-18-33(23)34-19-17-32(39(11,12)13)21-30(34)22-40(14,15)37-29(7)28(6)35-26(4)24(2)25(3)27(5)36(35)37/h16-21,24-29,35-37H,22H2,1-15H3. The van der Waals surface area contributed by atoms with Crippen LogP contribution < -0.4 is 0 Å². The van der Waals surface area contributed by atoms with E-state index in [1.807, 2.05) is 0 Å². The molecular formula is C39H62S. The van der Waals surface area contributed by atoms with Gasteiger partial charge in [-0.25, -0.2) is 10.0 Å². The van der Waals surface area contributed by atoms with Gasteiger partial charge < -0.3 is 0 Å². The highest BCUT2D eigenvalue weighted by Gasteiger charge is 2.57. The van der Waals surface area contributed by atoms with Crippen LogP contribution in [-0.4, -0.2) is 17.8 Å². The second-order valence-electron chi connectivity index (χ2n) is 16.9. The van der Waals surface area contributed by atoms with Gasteiger partial charge in [-0.3, -0.25) is 0 Å². The number of benzene rings is 2. The molecule has 0 radical (unpaired) electrons. The van der Waals surface area contributed by atoms with Crippen molar-refractivity contribution in [2.24, 2.45) is 47.3 Å². The van der Waals surface area contributed by atoms with Crippen molar-refractivity contribution in [3.8, 4) is 11.1 Å². The van der Waals surface area contributed by atoms with E-state index in [0.717, 1.165) is 52.6 Å². The molecule has 2 fully saturated rings. The van der Waals surface area contributed by atoms with E-state index in [1.165, 1.54) is 33.6 Å². The number of aryl methyl sites for hydroxylation is 1. The molecule has 0 N–H and O–H groups in total. The smallest absolute Gasteiger partial charge is 0.00290 e. The summed E-state index contributed by atoms with van der Waals surface area (Å²) >= 11 is 0. The molecule has 0 nitrogen and oxygen atoms in total. The first-order valence-corrected chi connectivity index (χ1v) is 18.9. The zero-order valence-electron chi connectivity index (χ0n) is 28.8. The lowest BCUT2D eigenvalue weighted by Crippen LogP contribution is -2.45. The summed E-state index contributed by atoms with van der Waals surface area (Å²) in [6.07, 6.45) is 5.40.